The molecule has 0 nitrogen and oxygen atoms in total. The van der Waals surface area contributed by atoms with Crippen LogP contribution in [0.4, 0.5) is 0 Å². The molecule has 0 aromatic rings. The fourth-order valence-electron chi connectivity index (χ4n) is 2.04. The quantitative estimate of drug-likeness (QED) is 0.486. The summed E-state index contributed by atoms with van der Waals surface area (Å²) in [6.45, 7) is 4.79. The monoisotopic (exact) mass is 110 g/mol. The van der Waals surface area contributed by atoms with Gasteiger partial charge in [-0.15, -0.1) is 0 Å². The summed E-state index contributed by atoms with van der Waals surface area (Å²) >= 11 is 0. The van der Waals surface area contributed by atoms with Crippen molar-refractivity contribution in [1.82, 2.24) is 0 Å². The van der Waals surface area contributed by atoms with Gasteiger partial charge in [0.2, 0.25) is 0 Å². The van der Waals surface area contributed by atoms with E-state index in [4.69, 9.17) is 0 Å². The van der Waals surface area contributed by atoms with E-state index in [0.29, 0.717) is 0 Å². The van der Waals surface area contributed by atoms with Crippen LogP contribution in [-0.4, -0.2) is 0 Å². The molecule has 0 N–H and O–H groups in total. The average molecular weight is 110 g/mol. The molecular weight excluding hydrogens is 96.1 g/mol. The van der Waals surface area contributed by atoms with Crippen LogP contribution in [0.3, 0.4) is 0 Å². The molecule has 0 aromatic heterocycles. The molecule has 0 saturated heterocycles. The molecule has 0 amide bonds. The highest BCUT2D eigenvalue weighted by molar-refractivity contribution is 4.99. The molecule has 0 spiro atoms. The maximum atomic E-state index is 2.40. The van der Waals surface area contributed by atoms with E-state index in [2.05, 4.69) is 13.8 Å². The summed E-state index contributed by atoms with van der Waals surface area (Å²) in [7, 11) is 0. The van der Waals surface area contributed by atoms with Crippen LogP contribution >= 0.6 is 0 Å². The van der Waals surface area contributed by atoms with Gasteiger partial charge in [-0.1, -0.05) is 13.8 Å². The first-order chi connectivity index (χ1) is 3.80. The van der Waals surface area contributed by atoms with Crippen molar-refractivity contribution >= 4 is 0 Å². The maximum Gasteiger partial charge on any atom is -0.0329 e. The molecule has 2 saturated carbocycles. The van der Waals surface area contributed by atoms with Crippen molar-refractivity contribution < 1.29 is 0 Å². The Morgan fingerprint density at radius 3 is 1.62 bits per heavy atom. The van der Waals surface area contributed by atoms with Crippen LogP contribution in [0.15, 0.2) is 0 Å². The lowest BCUT2D eigenvalue weighted by Crippen LogP contribution is -1.79. The first-order valence-corrected chi connectivity index (χ1v) is 3.80. The third kappa shape index (κ3) is 0.519. The van der Waals surface area contributed by atoms with E-state index in [1.165, 1.54) is 5.92 Å². The Balaban J connectivity index is 1.92. The van der Waals surface area contributed by atoms with Crippen LogP contribution in [0.25, 0.3) is 0 Å². The zero-order chi connectivity index (χ0) is 5.72. The topological polar surface area (TPSA) is 0 Å². The Bertz CT molecular complexity index is 91.9. The van der Waals surface area contributed by atoms with E-state index in [1.807, 2.05) is 0 Å². The second kappa shape index (κ2) is 1.29. The standard InChI is InChI=1S/C8H14/c1-5-6(2)8(5)7-3-4-7/h5-8H,3-4H2,1-2H3. The zero-order valence-corrected chi connectivity index (χ0v) is 5.72. The van der Waals surface area contributed by atoms with Crippen molar-refractivity contribution in [3.05, 3.63) is 0 Å². The van der Waals surface area contributed by atoms with Gasteiger partial charge in [0.1, 0.15) is 0 Å². The normalized spacial score (nSPS) is 54.0. The van der Waals surface area contributed by atoms with Crippen molar-refractivity contribution in [3.63, 3.8) is 0 Å². The van der Waals surface area contributed by atoms with Crippen molar-refractivity contribution in [2.24, 2.45) is 23.7 Å². The third-order valence-electron chi connectivity index (χ3n) is 3.07. The van der Waals surface area contributed by atoms with Crippen molar-refractivity contribution in [3.8, 4) is 0 Å². The highest BCUT2D eigenvalue weighted by Gasteiger charge is 2.51. The predicted molar refractivity (Wildman–Crippen MR) is 34.5 cm³/mol. The van der Waals surface area contributed by atoms with Crippen molar-refractivity contribution in [2.45, 2.75) is 26.7 Å². The Morgan fingerprint density at radius 2 is 1.50 bits per heavy atom. The van der Waals surface area contributed by atoms with E-state index in [0.717, 1.165) is 17.8 Å². The first-order valence-electron chi connectivity index (χ1n) is 3.80. The molecule has 2 atom stereocenters. The van der Waals surface area contributed by atoms with Gasteiger partial charge in [0.25, 0.3) is 0 Å². The van der Waals surface area contributed by atoms with E-state index in [-0.39, 0.29) is 0 Å². The lowest BCUT2D eigenvalue weighted by Gasteiger charge is -1.84. The van der Waals surface area contributed by atoms with Gasteiger partial charge < -0.3 is 0 Å². The fourth-order valence-corrected chi connectivity index (χ4v) is 2.04. The molecule has 2 rings (SSSR count). The van der Waals surface area contributed by atoms with E-state index in [1.54, 1.807) is 12.8 Å². The van der Waals surface area contributed by atoms with Crippen molar-refractivity contribution in [1.29, 1.82) is 0 Å². The smallest absolute Gasteiger partial charge is 0.0329 e. The van der Waals surface area contributed by atoms with E-state index < -0.39 is 0 Å². The SMILES string of the molecule is CC1C(C)C1C1CC1. The second-order valence-corrected chi connectivity index (χ2v) is 3.63. The Morgan fingerprint density at radius 1 is 1.00 bits per heavy atom. The molecule has 0 bridgehead atoms. The molecule has 0 aliphatic heterocycles. The predicted octanol–water partition coefficient (Wildman–Crippen LogP) is 2.30. The van der Waals surface area contributed by atoms with Gasteiger partial charge in [-0.05, 0) is 36.5 Å². The molecule has 46 valence electrons. The highest BCUT2D eigenvalue weighted by atomic mass is 14.6. The summed E-state index contributed by atoms with van der Waals surface area (Å²) in [6, 6.07) is 0. The summed E-state index contributed by atoms with van der Waals surface area (Å²) in [5, 5.41) is 0. The molecule has 2 aliphatic rings. The minimum absolute atomic E-state index is 1.07. The molecular formula is C8H14. The molecule has 0 radical (unpaired) electrons. The molecule has 2 aliphatic carbocycles. The summed E-state index contributed by atoms with van der Waals surface area (Å²) < 4.78 is 0. The van der Waals surface area contributed by atoms with Gasteiger partial charge in [-0.3, -0.25) is 0 Å². The Hall–Kier alpha value is 0. The van der Waals surface area contributed by atoms with E-state index in [9.17, 15) is 0 Å². The van der Waals surface area contributed by atoms with Crippen LogP contribution in [-0.2, 0) is 0 Å². The maximum absolute atomic E-state index is 2.40. The van der Waals surface area contributed by atoms with Crippen molar-refractivity contribution in [2.75, 3.05) is 0 Å². The molecule has 2 fully saturated rings. The number of hydrogen-bond donors (Lipinski definition) is 0. The van der Waals surface area contributed by atoms with Crippen LogP contribution < -0.4 is 0 Å². The van der Waals surface area contributed by atoms with Crippen LogP contribution in [0.2, 0.25) is 0 Å². The van der Waals surface area contributed by atoms with Gasteiger partial charge in [0, 0.05) is 0 Å². The highest BCUT2D eigenvalue weighted by Crippen LogP contribution is 2.58. The molecule has 8 heavy (non-hydrogen) atoms. The van der Waals surface area contributed by atoms with Crippen LogP contribution in [0.1, 0.15) is 26.7 Å². The third-order valence-corrected chi connectivity index (χ3v) is 3.07. The van der Waals surface area contributed by atoms with Gasteiger partial charge >= 0.3 is 0 Å². The second-order valence-electron chi connectivity index (χ2n) is 3.63. The molecule has 2 unspecified atom stereocenters. The lowest BCUT2D eigenvalue weighted by molar-refractivity contribution is 0.638. The van der Waals surface area contributed by atoms with E-state index >= 15 is 0 Å². The minimum atomic E-state index is 1.07. The van der Waals surface area contributed by atoms with Crippen LogP contribution in [0, 0.1) is 23.7 Å². The minimum Gasteiger partial charge on any atom is -0.0620 e. The Labute approximate surface area is 51.3 Å². The van der Waals surface area contributed by atoms with Gasteiger partial charge in [-0.2, -0.15) is 0 Å². The zero-order valence-electron chi connectivity index (χ0n) is 5.72. The first kappa shape index (κ1) is 4.84. The average Bonchev–Trinajstić information content (AvgIpc) is 2.52. The molecule has 0 heteroatoms. The molecule has 0 aromatic carbocycles. The van der Waals surface area contributed by atoms with Gasteiger partial charge in [0.05, 0.1) is 0 Å². The summed E-state index contributed by atoms with van der Waals surface area (Å²) in [6.07, 6.45) is 3.08. The largest absolute Gasteiger partial charge is 0.0620 e. The van der Waals surface area contributed by atoms with Crippen LogP contribution in [0.5, 0.6) is 0 Å². The van der Waals surface area contributed by atoms with Gasteiger partial charge in [-0.25, -0.2) is 0 Å². The lowest BCUT2D eigenvalue weighted by atomic mass is 10.2. The van der Waals surface area contributed by atoms with Gasteiger partial charge in [0.15, 0.2) is 0 Å². The summed E-state index contributed by atoms with van der Waals surface area (Å²) in [5.41, 5.74) is 0. The summed E-state index contributed by atoms with van der Waals surface area (Å²) in [4.78, 5) is 0. The Kier molecular flexibility index (Phi) is 0.778. The number of hydrogen-bond acceptors (Lipinski definition) is 0. The summed E-state index contributed by atoms with van der Waals surface area (Å²) in [5.74, 6) is 4.46. The molecule has 0 heterocycles. The fraction of sp³-hybridized carbons (Fsp3) is 1.00. The number of rotatable bonds is 1.